The van der Waals surface area contributed by atoms with Crippen molar-refractivity contribution in [2.75, 3.05) is 31.2 Å². The topological polar surface area (TPSA) is 49.8 Å². The Morgan fingerprint density at radius 2 is 1.62 bits per heavy atom. The summed E-state index contributed by atoms with van der Waals surface area (Å²) in [7, 11) is 0. The smallest absolute Gasteiger partial charge is 0.303 e. The van der Waals surface area contributed by atoms with E-state index in [0.717, 1.165) is 79.0 Å². The van der Waals surface area contributed by atoms with Crippen LogP contribution in [0.4, 0.5) is 10.1 Å². The van der Waals surface area contributed by atoms with E-state index in [9.17, 15) is 9.18 Å². The van der Waals surface area contributed by atoms with Crippen LogP contribution in [0.2, 0.25) is 5.02 Å². The Hall–Kier alpha value is -3.15. The minimum Gasteiger partial charge on any atom is -0.481 e. The molecule has 3 aromatic carbocycles. The van der Waals surface area contributed by atoms with Gasteiger partial charge in [-0.1, -0.05) is 60.5 Å². The molecule has 0 aromatic heterocycles. The maximum Gasteiger partial charge on any atom is 0.303 e. The average molecular weight is 520 g/mol. The van der Waals surface area contributed by atoms with Gasteiger partial charge in [-0.3, -0.25) is 4.79 Å². The highest BCUT2D eigenvalue weighted by molar-refractivity contribution is 6.32. The van der Waals surface area contributed by atoms with Crippen molar-refractivity contribution < 1.29 is 19.0 Å². The molecule has 2 fully saturated rings. The highest BCUT2D eigenvalue weighted by atomic mass is 35.5. The first kappa shape index (κ1) is 25.5. The number of hydrogen-bond donors (Lipinski definition) is 1. The summed E-state index contributed by atoms with van der Waals surface area (Å²) in [5, 5.41) is 9.48. The van der Waals surface area contributed by atoms with Gasteiger partial charge in [-0.05, 0) is 82.8 Å². The molecule has 0 atom stereocenters. The monoisotopic (exact) mass is 519 g/mol. The molecule has 3 aromatic rings. The number of aryl methyl sites for hydroxylation is 1. The number of halogens is 2. The number of hydrogen-bond acceptors (Lipinski definition) is 3. The third-order valence-electron chi connectivity index (χ3n) is 7.41. The molecule has 1 aliphatic carbocycles. The standard InChI is InChI=1S/C31H31ClFNO3/c32-28-20-25(33)11-14-27(28)31(22-2-1-3-22)30(23-7-4-21(5-8-23)6-15-29(35)36)24-9-12-26(13-10-24)34-16-18-37-19-17-34/h4-5,7-14,20,22H,1-3,6,15-19H2,(H,35,36)/b31-30+. The molecule has 0 unspecified atom stereocenters. The van der Waals surface area contributed by atoms with Crippen LogP contribution in [0.1, 0.15) is 47.9 Å². The van der Waals surface area contributed by atoms with E-state index >= 15 is 0 Å². The number of morpholine rings is 1. The largest absolute Gasteiger partial charge is 0.481 e. The molecule has 1 saturated heterocycles. The number of anilines is 1. The van der Waals surface area contributed by atoms with E-state index in [-0.39, 0.29) is 12.2 Å². The van der Waals surface area contributed by atoms with E-state index in [1.165, 1.54) is 17.8 Å². The Kier molecular flexibility index (Phi) is 7.92. The summed E-state index contributed by atoms with van der Waals surface area (Å²) in [4.78, 5) is 13.4. The van der Waals surface area contributed by atoms with Crippen molar-refractivity contribution in [1.82, 2.24) is 0 Å². The molecule has 0 bridgehead atoms. The number of carbonyl (C=O) groups is 1. The summed E-state index contributed by atoms with van der Waals surface area (Å²) in [6, 6.07) is 21.5. The van der Waals surface area contributed by atoms with Crippen LogP contribution in [0.25, 0.3) is 11.1 Å². The fourth-order valence-electron chi connectivity index (χ4n) is 5.19. The third-order valence-corrected chi connectivity index (χ3v) is 7.72. The van der Waals surface area contributed by atoms with Gasteiger partial charge in [0.25, 0.3) is 0 Å². The van der Waals surface area contributed by atoms with E-state index in [4.69, 9.17) is 21.4 Å². The fourth-order valence-corrected chi connectivity index (χ4v) is 5.46. The molecular weight excluding hydrogens is 489 g/mol. The lowest BCUT2D eigenvalue weighted by Crippen LogP contribution is -2.36. The Labute approximate surface area is 222 Å². The molecule has 6 heteroatoms. The minimum absolute atomic E-state index is 0.101. The van der Waals surface area contributed by atoms with Crippen LogP contribution in [0, 0.1) is 11.7 Å². The maximum absolute atomic E-state index is 14.0. The number of allylic oxidation sites excluding steroid dienone is 1. The Balaban J connectivity index is 1.62. The third kappa shape index (κ3) is 5.89. The van der Waals surface area contributed by atoms with Crippen LogP contribution in [-0.4, -0.2) is 37.4 Å². The van der Waals surface area contributed by atoms with Crippen LogP contribution in [0.5, 0.6) is 0 Å². The summed E-state index contributed by atoms with van der Waals surface area (Å²) < 4.78 is 19.5. The zero-order valence-corrected chi connectivity index (χ0v) is 21.5. The molecule has 192 valence electrons. The van der Waals surface area contributed by atoms with Crippen LogP contribution in [0.15, 0.2) is 66.7 Å². The Morgan fingerprint density at radius 1 is 0.973 bits per heavy atom. The van der Waals surface area contributed by atoms with Crippen molar-refractivity contribution in [1.29, 1.82) is 0 Å². The molecule has 1 N–H and O–H groups in total. The molecule has 2 aliphatic rings. The van der Waals surface area contributed by atoms with Crippen molar-refractivity contribution in [3.8, 4) is 0 Å². The van der Waals surface area contributed by atoms with Gasteiger partial charge in [0.1, 0.15) is 5.82 Å². The van der Waals surface area contributed by atoms with Crippen LogP contribution < -0.4 is 4.90 Å². The maximum atomic E-state index is 14.0. The second-order valence-corrected chi connectivity index (χ2v) is 10.2. The Bertz CT molecular complexity index is 1280. The van der Waals surface area contributed by atoms with Gasteiger partial charge in [0.2, 0.25) is 0 Å². The van der Waals surface area contributed by atoms with E-state index in [0.29, 0.717) is 17.4 Å². The van der Waals surface area contributed by atoms with Crippen LogP contribution >= 0.6 is 11.6 Å². The summed E-state index contributed by atoms with van der Waals surface area (Å²) in [5.41, 5.74) is 7.39. The van der Waals surface area contributed by atoms with Gasteiger partial charge < -0.3 is 14.7 Å². The predicted molar refractivity (Wildman–Crippen MR) is 147 cm³/mol. The SMILES string of the molecule is O=C(O)CCc1ccc(/C(=C(\c2ccc(F)cc2Cl)C2CCC2)c2ccc(N3CCOCC3)cc2)cc1. The second-order valence-electron chi connectivity index (χ2n) is 9.78. The molecule has 0 spiro atoms. The highest BCUT2D eigenvalue weighted by Gasteiger charge is 2.28. The number of benzene rings is 3. The summed E-state index contributed by atoms with van der Waals surface area (Å²) in [6.45, 7) is 3.21. The van der Waals surface area contributed by atoms with Gasteiger partial charge in [0.05, 0.1) is 18.2 Å². The molecule has 37 heavy (non-hydrogen) atoms. The summed E-state index contributed by atoms with van der Waals surface area (Å²) >= 11 is 6.64. The van der Waals surface area contributed by atoms with Crippen molar-refractivity contribution in [2.45, 2.75) is 32.1 Å². The summed E-state index contributed by atoms with van der Waals surface area (Å²) in [5.74, 6) is -0.812. The van der Waals surface area contributed by atoms with E-state index in [1.807, 2.05) is 12.1 Å². The van der Waals surface area contributed by atoms with Gasteiger partial charge >= 0.3 is 5.97 Å². The second kappa shape index (κ2) is 11.5. The molecule has 4 nitrogen and oxygen atoms in total. The first-order valence-corrected chi connectivity index (χ1v) is 13.3. The van der Waals surface area contributed by atoms with Gasteiger partial charge in [-0.25, -0.2) is 4.39 Å². The zero-order valence-electron chi connectivity index (χ0n) is 20.8. The van der Waals surface area contributed by atoms with Gasteiger partial charge in [-0.2, -0.15) is 0 Å². The van der Waals surface area contributed by atoms with Crippen molar-refractivity contribution in [3.05, 3.63) is 99.8 Å². The number of rotatable bonds is 8. The molecule has 1 heterocycles. The fraction of sp³-hybridized carbons (Fsp3) is 0.323. The normalized spacial score (nSPS) is 16.8. The minimum atomic E-state index is -0.803. The summed E-state index contributed by atoms with van der Waals surface area (Å²) in [6.07, 6.45) is 3.88. The van der Waals surface area contributed by atoms with Crippen LogP contribution in [0.3, 0.4) is 0 Å². The van der Waals surface area contributed by atoms with E-state index in [2.05, 4.69) is 41.3 Å². The van der Waals surface area contributed by atoms with Crippen molar-refractivity contribution in [3.63, 3.8) is 0 Å². The lowest BCUT2D eigenvalue weighted by Gasteiger charge is -2.32. The quantitative estimate of drug-likeness (QED) is 0.323. The zero-order chi connectivity index (χ0) is 25.8. The average Bonchev–Trinajstić information content (AvgIpc) is 2.88. The number of aliphatic carboxylic acids is 1. The molecule has 5 rings (SSSR count). The molecule has 0 radical (unpaired) electrons. The van der Waals surface area contributed by atoms with Crippen LogP contribution in [-0.2, 0) is 16.0 Å². The molecule has 1 saturated carbocycles. The lowest BCUT2D eigenvalue weighted by atomic mass is 9.73. The molecule has 0 amide bonds. The van der Waals surface area contributed by atoms with Crippen molar-refractivity contribution in [2.24, 2.45) is 5.92 Å². The van der Waals surface area contributed by atoms with E-state index in [1.54, 1.807) is 6.07 Å². The molecule has 1 aliphatic heterocycles. The van der Waals surface area contributed by atoms with E-state index < -0.39 is 5.97 Å². The number of ether oxygens (including phenoxy) is 1. The Morgan fingerprint density at radius 3 is 2.19 bits per heavy atom. The van der Waals surface area contributed by atoms with Gasteiger partial charge in [0.15, 0.2) is 0 Å². The lowest BCUT2D eigenvalue weighted by molar-refractivity contribution is -0.136. The predicted octanol–water partition coefficient (Wildman–Crippen LogP) is 7.09. The first-order chi connectivity index (χ1) is 18.0. The highest BCUT2D eigenvalue weighted by Crippen LogP contribution is 2.47. The number of carboxylic acid groups (broad SMARTS) is 1. The number of carboxylic acids is 1. The molecular formula is C31H31ClFNO3. The number of nitrogens with zero attached hydrogens (tertiary/aromatic N) is 1. The van der Waals surface area contributed by atoms with Crippen molar-refractivity contribution >= 4 is 34.4 Å². The van der Waals surface area contributed by atoms with Gasteiger partial charge in [-0.15, -0.1) is 0 Å². The first-order valence-electron chi connectivity index (χ1n) is 12.9. The van der Waals surface area contributed by atoms with Gasteiger partial charge in [0, 0.05) is 25.2 Å².